The molecule has 10 nitrogen and oxygen atoms in total. The van der Waals surface area contributed by atoms with E-state index in [1.807, 2.05) is 62.4 Å². The van der Waals surface area contributed by atoms with Crippen molar-refractivity contribution in [3.63, 3.8) is 0 Å². The zero-order valence-electron chi connectivity index (χ0n) is 30.2. The molecule has 4 aromatic carbocycles. The smallest absolute Gasteiger partial charge is 0.153 e. The number of nitriles is 2. The predicted octanol–water partition coefficient (Wildman–Crippen LogP) is 9.75. The van der Waals surface area contributed by atoms with Crippen LogP contribution in [0.3, 0.4) is 0 Å². The third-order valence-electron chi connectivity index (χ3n) is 8.82. The molecule has 0 N–H and O–H groups in total. The lowest BCUT2D eigenvalue weighted by molar-refractivity contribution is 0.111. The maximum absolute atomic E-state index is 11.8. The largest absolute Gasteiger partial charge is 0.488 e. The maximum atomic E-state index is 11.8. The lowest BCUT2D eigenvalue weighted by Crippen LogP contribution is -2.03. The standard InChI is InChI=1S/C44H32Cl2N4O6/c1-27-8-29(23-55-43-13-41(35(21-51)11-39(43)45)53-24-32-9-30(15-47)17-49-19-32)6-7-37(27)38-5-3-4-34(28(38)2)26-56-44-14-42(36(22-52)12-40(44)46)54-25-33-10-31(16-48)18-50-20-33/h3-14,17-22H,23-26H2,1-2H3. The van der Waals surface area contributed by atoms with Crippen LogP contribution in [0.15, 0.2) is 97.6 Å². The minimum atomic E-state index is 0.0910. The second-order valence-electron chi connectivity index (χ2n) is 12.7. The monoisotopic (exact) mass is 782 g/mol. The van der Waals surface area contributed by atoms with E-state index in [1.165, 1.54) is 24.5 Å². The Labute approximate surface area is 333 Å². The van der Waals surface area contributed by atoms with Crippen molar-refractivity contribution in [2.45, 2.75) is 40.3 Å². The van der Waals surface area contributed by atoms with Gasteiger partial charge in [-0.3, -0.25) is 19.6 Å². The second-order valence-corrected chi connectivity index (χ2v) is 13.5. The normalized spacial score (nSPS) is 10.5. The first-order valence-electron chi connectivity index (χ1n) is 17.1. The molecule has 0 saturated carbocycles. The number of ether oxygens (including phenoxy) is 4. The van der Waals surface area contributed by atoms with Crippen molar-refractivity contribution in [2.24, 2.45) is 0 Å². The number of carbonyl (C=O) groups excluding carboxylic acids is 2. The van der Waals surface area contributed by atoms with E-state index in [4.69, 9.17) is 47.4 Å². The van der Waals surface area contributed by atoms with E-state index in [0.29, 0.717) is 52.1 Å². The summed E-state index contributed by atoms with van der Waals surface area (Å²) in [6.07, 6.45) is 7.42. The number of aromatic nitrogens is 2. The lowest BCUT2D eigenvalue weighted by atomic mass is 9.93. The Bertz CT molecular complexity index is 2530. The van der Waals surface area contributed by atoms with Crippen LogP contribution >= 0.6 is 23.2 Å². The molecule has 0 aliphatic carbocycles. The highest BCUT2D eigenvalue weighted by molar-refractivity contribution is 6.32. The molecule has 0 saturated heterocycles. The number of aryl methyl sites for hydroxylation is 1. The van der Waals surface area contributed by atoms with E-state index >= 15 is 0 Å². The van der Waals surface area contributed by atoms with Crippen LogP contribution in [-0.4, -0.2) is 22.5 Å². The minimum Gasteiger partial charge on any atom is -0.488 e. The minimum absolute atomic E-state index is 0.0910. The van der Waals surface area contributed by atoms with Gasteiger partial charge in [0.05, 0.1) is 32.3 Å². The molecular weight excluding hydrogens is 751 g/mol. The van der Waals surface area contributed by atoms with E-state index in [1.54, 1.807) is 36.7 Å². The van der Waals surface area contributed by atoms with Crippen molar-refractivity contribution < 1.29 is 28.5 Å². The van der Waals surface area contributed by atoms with Gasteiger partial charge in [0.1, 0.15) is 61.6 Å². The fourth-order valence-corrected chi connectivity index (χ4v) is 6.35. The van der Waals surface area contributed by atoms with Crippen LogP contribution < -0.4 is 18.9 Å². The Balaban J connectivity index is 1.13. The predicted molar refractivity (Wildman–Crippen MR) is 210 cm³/mol. The highest BCUT2D eigenvalue weighted by atomic mass is 35.5. The van der Waals surface area contributed by atoms with E-state index in [0.717, 1.165) is 33.4 Å². The average molecular weight is 784 g/mol. The van der Waals surface area contributed by atoms with Crippen molar-refractivity contribution in [1.29, 1.82) is 10.5 Å². The molecule has 0 fully saturated rings. The van der Waals surface area contributed by atoms with Crippen molar-refractivity contribution in [2.75, 3.05) is 0 Å². The molecule has 0 amide bonds. The van der Waals surface area contributed by atoms with E-state index in [9.17, 15) is 14.9 Å². The van der Waals surface area contributed by atoms with Gasteiger partial charge < -0.3 is 18.9 Å². The highest BCUT2D eigenvalue weighted by Gasteiger charge is 2.16. The van der Waals surface area contributed by atoms with Gasteiger partial charge in [-0.2, -0.15) is 10.5 Å². The Morgan fingerprint density at radius 2 is 1.11 bits per heavy atom. The summed E-state index contributed by atoms with van der Waals surface area (Å²) in [5, 5.41) is 18.9. The molecule has 6 aromatic rings. The zero-order valence-corrected chi connectivity index (χ0v) is 31.7. The molecule has 0 aliphatic heterocycles. The Morgan fingerprint density at radius 1 is 0.589 bits per heavy atom. The molecule has 2 heterocycles. The number of nitrogens with zero attached hydrogens (tertiary/aromatic N) is 4. The Hall–Kier alpha value is -6.72. The fraction of sp³-hybridized carbons (Fsp3) is 0.136. The molecule has 0 atom stereocenters. The van der Waals surface area contributed by atoms with Gasteiger partial charge in [0, 0.05) is 48.0 Å². The molecule has 0 spiro atoms. The van der Waals surface area contributed by atoms with Gasteiger partial charge in [-0.1, -0.05) is 59.6 Å². The van der Waals surface area contributed by atoms with E-state index in [-0.39, 0.29) is 53.3 Å². The maximum Gasteiger partial charge on any atom is 0.153 e. The van der Waals surface area contributed by atoms with Crippen molar-refractivity contribution in [3.8, 4) is 46.3 Å². The lowest BCUT2D eigenvalue weighted by Gasteiger charge is -2.17. The first-order chi connectivity index (χ1) is 27.2. The summed E-state index contributed by atoms with van der Waals surface area (Å²) >= 11 is 13.0. The molecule has 0 aliphatic rings. The fourth-order valence-electron chi connectivity index (χ4n) is 5.90. The first-order valence-corrected chi connectivity index (χ1v) is 17.9. The third kappa shape index (κ3) is 9.31. The van der Waals surface area contributed by atoms with Gasteiger partial charge in [-0.15, -0.1) is 0 Å². The molecule has 0 unspecified atom stereocenters. The molecular formula is C44H32Cl2N4O6. The van der Waals surface area contributed by atoms with Gasteiger partial charge in [0.25, 0.3) is 0 Å². The van der Waals surface area contributed by atoms with Gasteiger partial charge in [-0.25, -0.2) is 0 Å². The molecule has 6 rings (SSSR count). The molecule has 278 valence electrons. The summed E-state index contributed by atoms with van der Waals surface area (Å²) in [6, 6.07) is 25.6. The number of hydrogen-bond donors (Lipinski definition) is 0. The number of hydrogen-bond acceptors (Lipinski definition) is 10. The molecule has 0 bridgehead atoms. The molecule has 12 heteroatoms. The van der Waals surface area contributed by atoms with Crippen LogP contribution in [0, 0.1) is 36.5 Å². The molecule has 0 radical (unpaired) electrons. The summed E-state index contributed by atoms with van der Waals surface area (Å²) in [5.41, 5.74) is 8.63. The quantitative estimate of drug-likeness (QED) is 0.0923. The number of carbonyl (C=O) groups is 2. The van der Waals surface area contributed by atoms with Gasteiger partial charge in [0.2, 0.25) is 0 Å². The zero-order chi connectivity index (χ0) is 39.6. The van der Waals surface area contributed by atoms with Gasteiger partial charge >= 0.3 is 0 Å². The second kappa shape index (κ2) is 18.1. The number of pyridine rings is 2. The van der Waals surface area contributed by atoms with Gasteiger partial charge in [0.15, 0.2) is 12.6 Å². The number of benzene rings is 4. The molecule has 2 aromatic heterocycles. The summed E-state index contributed by atoms with van der Waals surface area (Å²) in [7, 11) is 0. The van der Waals surface area contributed by atoms with Crippen molar-refractivity contribution in [1.82, 2.24) is 9.97 Å². The average Bonchev–Trinajstić information content (AvgIpc) is 3.22. The van der Waals surface area contributed by atoms with Crippen LogP contribution in [0.2, 0.25) is 10.0 Å². The number of rotatable bonds is 15. The van der Waals surface area contributed by atoms with E-state index in [2.05, 4.69) is 9.97 Å². The van der Waals surface area contributed by atoms with Crippen LogP contribution in [-0.2, 0) is 26.4 Å². The van der Waals surface area contributed by atoms with Crippen molar-refractivity contribution >= 4 is 35.8 Å². The van der Waals surface area contributed by atoms with Crippen LogP contribution in [0.5, 0.6) is 23.0 Å². The van der Waals surface area contributed by atoms with Crippen molar-refractivity contribution in [3.05, 3.63) is 163 Å². The first kappa shape index (κ1) is 39.0. The van der Waals surface area contributed by atoms with Gasteiger partial charge in [-0.05, 0) is 71.5 Å². The summed E-state index contributed by atoms with van der Waals surface area (Å²) in [6.45, 7) is 4.65. The van der Waals surface area contributed by atoms with E-state index < -0.39 is 0 Å². The number of halogens is 2. The SMILES string of the molecule is Cc1cc(COc2cc(OCc3cncc(C#N)c3)c(C=O)cc2Cl)ccc1-c1cccc(COc2cc(OCc3cncc(C#N)c3)c(C=O)cc2Cl)c1C. The summed E-state index contributed by atoms with van der Waals surface area (Å²) in [4.78, 5) is 31.7. The van der Waals surface area contributed by atoms with Crippen LogP contribution in [0.25, 0.3) is 11.1 Å². The topological polar surface area (TPSA) is 144 Å². The summed E-state index contributed by atoms with van der Waals surface area (Å²) in [5.74, 6) is 1.28. The molecule has 56 heavy (non-hydrogen) atoms. The Morgan fingerprint density at radius 3 is 1.62 bits per heavy atom. The third-order valence-corrected chi connectivity index (χ3v) is 9.41. The highest BCUT2D eigenvalue weighted by Crippen LogP contribution is 2.36. The van der Waals surface area contributed by atoms with Crippen LogP contribution in [0.1, 0.15) is 65.2 Å². The Kier molecular flexibility index (Phi) is 12.6. The van der Waals surface area contributed by atoms with Crippen LogP contribution in [0.4, 0.5) is 0 Å². The summed E-state index contributed by atoms with van der Waals surface area (Å²) < 4.78 is 24.1. The number of aldehydes is 2.